The van der Waals surface area contributed by atoms with Crippen LogP contribution in [0.1, 0.15) is 16.5 Å². The summed E-state index contributed by atoms with van der Waals surface area (Å²) in [5, 5.41) is 1.70. The Bertz CT molecular complexity index is 630. The smallest absolute Gasteiger partial charge is 0.242 e. The Morgan fingerprint density at radius 1 is 1.56 bits per heavy atom. The molecule has 2 rings (SSSR count). The molecule has 6 nitrogen and oxygen atoms in total. The molecule has 0 saturated carbocycles. The molecular formula is C10H13N3O3S2. The molecule has 0 aliphatic rings. The lowest BCUT2D eigenvalue weighted by molar-refractivity contribution is 0.463. The number of oxazole rings is 1. The lowest BCUT2D eigenvalue weighted by Crippen LogP contribution is -2.24. The second kappa shape index (κ2) is 5.19. The van der Waals surface area contributed by atoms with Crippen LogP contribution in [0.3, 0.4) is 0 Å². The lowest BCUT2D eigenvalue weighted by Gasteiger charge is -2.04. The Morgan fingerprint density at radius 2 is 2.33 bits per heavy atom. The Labute approximate surface area is 109 Å². The molecule has 0 bridgehead atoms. The standard InChI is InChI=1S/C10H13N3O3S2/c1-7-5-12-10(16-7)6-13-18(14,15)9-2-3-17-8(9)4-11/h2-3,5,13H,4,6,11H2,1H3. The van der Waals surface area contributed by atoms with E-state index in [0.717, 1.165) is 0 Å². The maximum Gasteiger partial charge on any atom is 0.242 e. The SMILES string of the molecule is Cc1cnc(CNS(=O)(=O)c2ccsc2CN)o1. The Balaban J connectivity index is 2.13. The highest BCUT2D eigenvalue weighted by atomic mass is 32.2. The van der Waals surface area contributed by atoms with E-state index in [0.29, 0.717) is 16.5 Å². The van der Waals surface area contributed by atoms with Gasteiger partial charge in [0.1, 0.15) is 5.76 Å². The van der Waals surface area contributed by atoms with E-state index in [2.05, 4.69) is 9.71 Å². The van der Waals surface area contributed by atoms with Crippen molar-refractivity contribution in [1.29, 1.82) is 0 Å². The number of thiophene rings is 1. The van der Waals surface area contributed by atoms with Crippen molar-refractivity contribution in [2.45, 2.75) is 24.9 Å². The minimum Gasteiger partial charge on any atom is -0.445 e. The molecule has 0 atom stereocenters. The van der Waals surface area contributed by atoms with Gasteiger partial charge in [-0.2, -0.15) is 0 Å². The Hall–Kier alpha value is -1.22. The molecular weight excluding hydrogens is 274 g/mol. The molecule has 2 aromatic rings. The van der Waals surface area contributed by atoms with Gasteiger partial charge in [0, 0.05) is 11.4 Å². The molecule has 0 aliphatic heterocycles. The molecule has 0 fully saturated rings. The molecule has 2 aromatic heterocycles. The van der Waals surface area contributed by atoms with Gasteiger partial charge in [0.25, 0.3) is 0 Å². The van der Waals surface area contributed by atoms with Crippen molar-refractivity contribution in [2.75, 3.05) is 0 Å². The van der Waals surface area contributed by atoms with Gasteiger partial charge in [-0.1, -0.05) is 0 Å². The molecule has 2 heterocycles. The highest BCUT2D eigenvalue weighted by Gasteiger charge is 2.19. The number of nitrogens with one attached hydrogen (secondary N) is 1. The molecule has 0 saturated heterocycles. The second-order valence-electron chi connectivity index (χ2n) is 3.60. The van der Waals surface area contributed by atoms with E-state index in [1.54, 1.807) is 18.5 Å². The van der Waals surface area contributed by atoms with Crippen molar-refractivity contribution in [3.05, 3.63) is 34.2 Å². The van der Waals surface area contributed by atoms with Crippen LogP contribution in [0.15, 0.2) is 27.0 Å². The van der Waals surface area contributed by atoms with Gasteiger partial charge in [-0.05, 0) is 18.4 Å². The maximum absolute atomic E-state index is 12.0. The fraction of sp³-hybridized carbons (Fsp3) is 0.300. The monoisotopic (exact) mass is 287 g/mol. The van der Waals surface area contributed by atoms with Crippen molar-refractivity contribution in [1.82, 2.24) is 9.71 Å². The number of hydrogen-bond acceptors (Lipinski definition) is 6. The summed E-state index contributed by atoms with van der Waals surface area (Å²) in [6.45, 7) is 1.97. The first-order valence-corrected chi connectivity index (χ1v) is 7.56. The lowest BCUT2D eigenvalue weighted by atomic mass is 10.5. The first-order chi connectivity index (χ1) is 8.53. The molecule has 0 amide bonds. The molecule has 0 unspecified atom stereocenters. The number of rotatable bonds is 5. The summed E-state index contributed by atoms with van der Waals surface area (Å²) >= 11 is 1.32. The van der Waals surface area contributed by atoms with Crippen molar-refractivity contribution in [2.24, 2.45) is 5.73 Å². The molecule has 8 heteroatoms. The van der Waals surface area contributed by atoms with E-state index in [1.807, 2.05) is 0 Å². The van der Waals surface area contributed by atoms with Crippen LogP contribution in [0, 0.1) is 6.92 Å². The van der Waals surface area contributed by atoms with E-state index in [1.165, 1.54) is 17.4 Å². The number of aromatic nitrogens is 1. The van der Waals surface area contributed by atoms with Gasteiger partial charge in [0.15, 0.2) is 0 Å². The minimum absolute atomic E-state index is 0.0238. The molecule has 3 N–H and O–H groups in total. The molecule has 98 valence electrons. The predicted octanol–water partition coefficient (Wildman–Crippen LogP) is 0.982. The van der Waals surface area contributed by atoms with Crippen LogP contribution in [0.25, 0.3) is 0 Å². The van der Waals surface area contributed by atoms with Gasteiger partial charge in [-0.25, -0.2) is 18.1 Å². The topological polar surface area (TPSA) is 98.2 Å². The maximum atomic E-state index is 12.0. The third-order valence-corrected chi connectivity index (χ3v) is 4.82. The quantitative estimate of drug-likeness (QED) is 0.854. The summed E-state index contributed by atoms with van der Waals surface area (Å²) in [6.07, 6.45) is 1.54. The number of sulfonamides is 1. The Kier molecular flexibility index (Phi) is 3.81. The molecule has 18 heavy (non-hydrogen) atoms. The number of hydrogen-bond donors (Lipinski definition) is 2. The number of aryl methyl sites for hydroxylation is 1. The van der Waals surface area contributed by atoms with E-state index in [9.17, 15) is 8.42 Å². The van der Waals surface area contributed by atoms with Crippen LogP contribution >= 0.6 is 11.3 Å². The third-order valence-electron chi connectivity index (χ3n) is 2.26. The van der Waals surface area contributed by atoms with Crippen LogP contribution in [-0.4, -0.2) is 13.4 Å². The van der Waals surface area contributed by atoms with Gasteiger partial charge in [0.05, 0.1) is 17.6 Å². The van der Waals surface area contributed by atoms with Crippen LogP contribution in [0.2, 0.25) is 0 Å². The number of nitrogens with two attached hydrogens (primary N) is 1. The van der Waals surface area contributed by atoms with Crippen LogP contribution in [-0.2, 0) is 23.1 Å². The summed E-state index contributed by atoms with van der Waals surface area (Å²) in [6, 6.07) is 1.54. The van der Waals surface area contributed by atoms with E-state index in [-0.39, 0.29) is 18.0 Å². The van der Waals surface area contributed by atoms with Gasteiger partial charge in [-0.15, -0.1) is 11.3 Å². The summed E-state index contributed by atoms with van der Waals surface area (Å²) in [5.74, 6) is 0.975. The predicted molar refractivity (Wildman–Crippen MR) is 67.5 cm³/mol. The van der Waals surface area contributed by atoms with Crippen molar-refractivity contribution in [3.63, 3.8) is 0 Å². The van der Waals surface area contributed by atoms with Gasteiger partial charge >= 0.3 is 0 Å². The van der Waals surface area contributed by atoms with Crippen LogP contribution in [0.4, 0.5) is 0 Å². The van der Waals surface area contributed by atoms with E-state index in [4.69, 9.17) is 10.2 Å². The summed E-state index contributed by atoms with van der Waals surface area (Å²) in [7, 11) is -3.57. The minimum atomic E-state index is -3.57. The van der Waals surface area contributed by atoms with Crippen molar-refractivity contribution < 1.29 is 12.8 Å². The summed E-state index contributed by atoms with van der Waals surface area (Å²) in [5.41, 5.74) is 5.49. The first kappa shape index (κ1) is 13.2. The van der Waals surface area contributed by atoms with E-state index >= 15 is 0 Å². The van der Waals surface area contributed by atoms with Gasteiger partial charge < -0.3 is 10.2 Å². The molecule has 0 aromatic carbocycles. The normalized spacial score (nSPS) is 11.9. The van der Waals surface area contributed by atoms with E-state index < -0.39 is 10.0 Å². The molecule has 0 aliphatic carbocycles. The van der Waals surface area contributed by atoms with Crippen molar-refractivity contribution in [3.8, 4) is 0 Å². The summed E-state index contributed by atoms with van der Waals surface area (Å²) in [4.78, 5) is 4.78. The zero-order chi connectivity index (χ0) is 13.2. The van der Waals surface area contributed by atoms with Crippen LogP contribution < -0.4 is 10.5 Å². The molecule has 0 spiro atoms. The molecule has 0 radical (unpaired) electrons. The second-order valence-corrected chi connectivity index (χ2v) is 6.34. The fourth-order valence-corrected chi connectivity index (χ4v) is 3.74. The van der Waals surface area contributed by atoms with Gasteiger partial charge in [-0.3, -0.25) is 0 Å². The van der Waals surface area contributed by atoms with Crippen molar-refractivity contribution >= 4 is 21.4 Å². The highest BCUT2D eigenvalue weighted by Crippen LogP contribution is 2.21. The zero-order valence-corrected chi connectivity index (χ0v) is 11.3. The highest BCUT2D eigenvalue weighted by molar-refractivity contribution is 7.89. The zero-order valence-electron chi connectivity index (χ0n) is 9.71. The van der Waals surface area contributed by atoms with Crippen LogP contribution in [0.5, 0.6) is 0 Å². The first-order valence-electron chi connectivity index (χ1n) is 5.20. The Morgan fingerprint density at radius 3 is 2.94 bits per heavy atom. The average Bonchev–Trinajstić information content (AvgIpc) is 2.95. The average molecular weight is 287 g/mol. The van der Waals surface area contributed by atoms with Gasteiger partial charge in [0.2, 0.25) is 15.9 Å². The fourth-order valence-electron chi connectivity index (χ4n) is 1.43. The summed E-state index contributed by atoms with van der Waals surface area (Å²) < 4.78 is 31.7. The number of nitrogens with zero attached hydrogens (tertiary/aromatic N) is 1. The largest absolute Gasteiger partial charge is 0.445 e. The third kappa shape index (κ3) is 2.78.